The fourth-order valence-electron chi connectivity index (χ4n) is 2.27. The summed E-state index contributed by atoms with van der Waals surface area (Å²) in [6.07, 6.45) is 0. The summed E-state index contributed by atoms with van der Waals surface area (Å²) >= 11 is 0. The Morgan fingerprint density at radius 3 is 2.36 bits per heavy atom. The van der Waals surface area contributed by atoms with Crippen molar-refractivity contribution in [2.45, 2.75) is 13.5 Å². The fraction of sp³-hybridized carbons (Fsp3) is 0.222. The molecule has 25 heavy (non-hydrogen) atoms. The van der Waals surface area contributed by atoms with Crippen molar-refractivity contribution >= 4 is 23.3 Å². The van der Waals surface area contributed by atoms with E-state index >= 15 is 0 Å². The molecule has 132 valence electrons. The number of hydrogen-bond donors (Lipinski definition) is 3. The molecule has 0 spiro atoms. The van der Waals surface area contributed by atoms with Crippen molar-refractivity contribution in [3.63, 3.8) is 0 Å². The summed E-state index contributed by atoms with van der Waals surface area (Å²) in [4.78, 5) is 23.3. The van der Waals surface area contributed by atoms with E-state index in [4.69, 9.17) is 9.47 Å². The molecule has 0 aromatic heterocycles. The van der Waals surface area contributed by atoms with Crippen LogP contribution >= 0.6 is 0 Å². The lowest BCUT2D eigenvalue weighted by molar-refractivity contribution is -0.114. The van der Waals surface area contributed by atoms with Gasteiger partial charge >= 0.3 is 6.03 Å². The third-order valence-electron chi connectivity index (χ3n) is 3.40. The highest BCUT2D eigenvalue weighted by Gasteiger charge is 2.09. The summed E-state index contributed by atoms with van der Waals surface area (Å²) in [7, 11) is 3.09. The highest BCUT2D eigenvalue weighted by molar-refractivity contribution is 5.94. The standard InChI is InChI=1S/C18H21N3O4/c1-12(22)20-15-10-14(8-9-17(15)25-3)21-18(23)19-11-13-6-4-5-7-16(13)24-2/h4-10H,11H2,1-3H3,(H,20,22)(H2,19,21,23). The number of carbonyl (C=O) groups excluding carboxylic acids is 2. The Labute approximate surface area is 146 Å². The van der Waals surface area contributed by atoms with Crippen LogP contribution in [0.3, 0.4) is 0 Å². The molecule has 2 aromatic carbocycles. The Bertz CT molecular complexity index is 762. The second-order valence-corrected chi connectivity index (χ2v) is 5.22. The zero-order valence-corrected chi connectivity index (χ0v) is 14.4. The molecule has 2 rings (SSSR count). The topological polar surface area (TPSA) is 88.7 Å². The summed E-state index contributed by atoms with van der Waals surface area (Å²) in [5.74, 6) is 0.992. The number of para-hydroxylation sites is 1. The largest absolute Gasteiger partial charge is 0.496 e. The second-order valence-electron chi connectivity index (χ2n) is 5.22. The van der Waals surface area contributed by atoms with Crippen LogP contribution in [0.5, 0.6) is 11.5 Å². The first-order valence-electron chi connectivity index (χ1n) is 7.66. The maximum Gasteiger partial charge on any atom is 0.319 e. The molecule has 0 aliphatic heterocycles. The van der Waals surface area contributed by atoms with Crippen molar-refractivity contribution in [3.05, 3.63) is 48.0 Å². The van der Waals surface area contributed by atoms with Crippen LogP contribution in [0.25, 0.3) is 0 Å². The van der Waals surface area contributed by atoms with Gasteiger partial charge in [-0.25, -0.2) is 4.79 Å². The predicted octanol–water partition coefficient (Wildman–Crippen LogP) is 2.98. The van der Waals surface area contributed by atoms with E-state index in [1.807, 2.05) is 24.3 Å². The third kappa shape index (κ3) is 5.13. The van der Waals surface area contributed by atoms with Gasteiger partial charge in [-0.2, -0.15) is 0 Å². The zero-order valence-electron chi connectivity index (χ0n) is 14.4. The Morgan fingerprint density at radius 2 is 1.68 bits per heavy atom. The molecule has 0 radical (unpaired) electrons. The third-order valence-corrected chi connectivity index (χ3v) is 3.40. The zero-order chi connectivity index (χ0) is 18.2. The summed E-state index contributed by atoms with van der Waals surface area (Å²) in [5.41, 5.74) is 1.88. The van der Waals surface area contributed by atoms with Crippen molar-refractivity contribution in [1.29, 1.82) is 0 Å². The number of nitrogens with one attached hydrogen (secondary N) is 3. The van der Waals surface area contributed by atoms with Gasteiger partial charge in [-0.15, -0.1) is 0 Å². The molecule has 3 amide bonds. The summed E-state index contributed by atoms with van der Waals surface area (Å²) in [6, 6.07) is 12.1. The average Bonchev–Trinajstić information content (AvgIpc) is 2.60. The summed E-state index contributed by atoms with van der Waals surface area (Å²) in [6.45, 7) is 1.73. The van der Waals surface area contributed by atoms with Gasteiger partial charge in [0.05, 0.1) is 19.9 Å². The molecular weight excluding hydrogens is 322 g/mol. The first-order chi connectivity index (χ1) is 12.0. The molecule has 3 N–H and O–H groups in total. The molecule has 0 heterocycles. The SMILES string of the molecule is COc1ccccc1CNC(=O)Nc1ccc(OC)c(NC(C)=O)c1. The van der Waals surface area contributed by atoms with Crippen molar-refractivity contribution in [2.75, 3.05) is 24.9 Å². The van der Waals surface area contributed by atoms with Crippen molar-refractivity contribution in [3.8, 4) is 11.5 Å². The van der Waals surface area contributed by atoms with Crippen molar-refractivity contribution < 1.29 is 19.1 Å². The lowest BCUT2D eigenvalue weighted by Crippen LogP contribution is -2.28. The van der Waals surface area contributed by atoms with Gasteiger partial charge in [0.1, 0.15) is 11.5 Å². The highest BCUT2D eigenvalue weighted by atomic mass is 16.5. The Morgan fingerprint density at radius 1 is 0.960 bits per heavy atom. The number of methoxy groups -OCH3 is 2. The molecule has 2 aromatic rings. The second kappa shape index (κ2) is 8.58. The van der Waals surface area contributed by atoms with Gasteiger partial charge in [0.15, 0.2) is 0 Å². The maximum absolute atomic E-state index is 12.1. The van der Waals surface area contributed by atoms with Crippen LogP contribution < -0.4 is 25.4 Å². The van der Waals surface area contributed by atoms with E-state index in [0.717, 1.165) is 5.56 Å². The molecular formula is C18H21N3O4. The molecule has 0 aliphatic rings. The van der Waals surface area contributed by atoms with Gasteiger partial charge in [-0.1, -0.05) is 18.2 Å². The number of hydrogen-bond acceptors (Lipinski definition) is 4. The molecule has 0 saturated heterocycles. The molecule has 0 unspecified atom stereocenters. The first kappa shape index (κ1) is 18.1. The number of urea groups is 1. The van der Waals surface area contributed by atoms with E-state index in [2.05, 4.69) is 16.0 Å². The van der Waals surface area contributed by atoms with E-state index in [9.17, 15) is 9.59 Å². The lowest BCUT2D eigenvalue weighted by atomic mass is 10.2. The Kier molecular flexibility index (Phi) is 6.22. The maximum atomic E-state index is 12.1. The van der Waals surface area contributed by atoms with Gasteiger partial charge in [-0.05, 0) is 24.3 Å². The van der Waals surface area contributed by atoms with E-state index < -0.39 is 0 Å². The van der Waals surface area contributed by atoms with Crippen LogP contribution in [0.1, 0.15) is 12.5 Å². The predicted molar refractivity (Wildman–Crippen MR) is 96.2 cm³/mol. The van der Waals surface area contributed by atoms with E-state index in [0.29, 0.717) is 29.4 Å². The molecule has 0 saturated carbocycles. The van der Waals surface area contributed by atoms with E-state index in [1.165, 1.54) is 14.0 Å². The number of benzene rings is 2. The lowest BCUT2D eigenvalue weighted by Gasteiger charge is -2.13. The van der Waals surface area contributed by atoms with Crippen molar-refractivity contribution in [2.24, 2.45) is 0 Å². The minimum atomic E-state index is -0.371. The average molecular weight is 343 g/mol. The number of rotatable bonds is 6. The molecule has 0 aliphatic carbocycles. The molecule has 0 bridgehead atoms. The van der Waals surface area contributed by atoms with Gasteiger partial charge in [0.25, 0.3) is 0 Å². The van der Waals surface area contributed by atoms with Gasteiger partial charge in [0, 0.05) is 24.7 Å². The molecule has 7 heteroatoms. The number of carbonyl (C=O) groups is 2. The van der Waals surface area contributed by atoms with E-state index in [1.54, 1.807) is 25.3 Å². The highest BCUT2D eigenvalue weighted by Crippen LogP contribution is 2.27. The Hall–Kier alpha value is -3.22. The Balaban J connectivity index is 2.01. The smallest absolute Gasteiger partial charge is 0.319 e. The summed E-state index contributed by atoms with van der Waals surface area (Å²) < 4.78 is 10.4. The first-order valence-corrected chi connectivity index (χ1v) is 7.66. The molecule has 0 atom stereocenters. The van der Waals surface area contributed by atoms with Crippen LogP contribution in [0.2, 0.25) is 0 Å². The van der Waals surface area contributed by atoms with Crippen LogP contribution in [-0.4, -0.2) is 26.2 Å². The minimum Gasteiger partial charge on any atom is -0.496 e. The monoisotopic (exact) mass is 343 g/mol. The van der Waals surface area contributed by atoms with Crippen LogP contribution in [0.15, 0.2) is 42.5 Å². The van der Waals surface area contributed by atoms with Gasteiger partial charge in [-0.3, -0.25) is 4.79 Å². The fourth-order valence-corrected chi connectivity index (χ4v) is 2.27. The summed E-state index contributed by atoms with van der Waals surface area (Å²) in [5, 5.41) is 8.14. The van der Waals surface area contributed by atoms with Crippen molar-refractivity contribution in [1.82, 2.24) is 5.32 Å². The number of ether oxygens (including phenoxy) is 2. The van der Waals surface area contributed by atoms with Gasteiger partial charge in [0.2, 0.25) is 5.91 Å². The minimum absolute atomic E-state index is 0.226. The van der Waals surface area contributed by atoms with Crippen LogP contribution in [0.4, 0.5) is 16.2 Å². The molecule has 7 nitrogen and oxygen atoms in total. The normalized spacial score (nSPS) is 9.88. The van der Waals surface area contributed by atoms with E-state index in [-0.39, 0.29) is 11.9 Å². The van der Waals surface area contributed by atoms with Crippen LogP contribution in [0, 0.1) is 0 Å². The number of anilines is 2. The number of amides is 3. The molecule has 0 fully saturated rings. The van der Waals surface area contributed by atoms with Crippen LogP contribution in [-0.2, 0) is 11.3 Å². The quantitative estimate of drug-likeness (QED) is 0.752. The van der Waals surface area contributed by atoms with Gasteiger partial charge < -0.3 is 25.4 Å².